The smallest absolute Gasteiger partial charge is 0.272 e. The first-order chi connectivity index (χ1) is 13.4. The van der Waals surface area contributed by atoms with E-state index >= 15 is 0 Å². The number of hydrogen-bond donors (Lipinski definition) is 1. The molecule has 0 bridgehead atoms. The molecule has 0 aliphatic carbocycles. The summed E-state index contributed by atoms with van der Waals surface area (Å²) >= 11 is 1.48. The third-order valence-electron chi connectivity index (χ3n) is 4.07. The fourth-order valence-corrected chi connectivity index (χ4v) is 3.51. The zero-order valence-corrected chi connectivity index (χ0v) is 15.7. The predicted molar refractivity (Wildman–Crippen MR) is 104 cm³/mol. The van der Waals surface area contributed by atoms with Crippen LogP contribution in [-0.2, 0) is 4.79 Å². The molecule has 0 saturated heterocycles. The van der Waals surface area contributed by atoms with Gasteiger partial charge < -0.3 is 10.1 Å². The Balaban J connectivity index is 1.68. The maximum Gasteiger partial charge on any atom is 0.272 e. The van der Waals surface area contributed by atoms with E-state index in [0.29, 0.717) is 11.3 Å². The first kappa shape index (κ1) is 19.5. The Morgan fingerprint density at radius 2 is 2.00 bits per heavy atom. The van der Waals surface area contributed by atoms with Gasteiger partial charge in [-0.2, -0.15) is 0 Å². The predicted octanol–water partition coefficient (Wildman–Crippen LogP) is 4.39. The van der Waals surface area contributed by atoms with Gasteiger partial charge in [-0.25, -0.2) is 4.39 Å². The Kier molecular flexibility index (Phi) is 6.00. The minimum atomic E-state index is -0.472. The third kappa shape index (κ3) is 4.72. The summed E-state index contributed by atoms with van der Waals surface area (Å²) < 4.78 is 18.7. The van der Waals surface area contributed by atoms with Crippen LogP contribution in [0, 0.1) is 22.9 Å². The number of nitro groups is 1. The number of amides is 1. The standard InChI is InChI=1S/C20H17FN2O4S/c1-13-11-16(8-9-17(13)23(25)26)27-12-19(24)22-20(18-3-2-10-28-18)14-4-6-15(21)7-5-14/h2-11,20H,12H2,1H3,(H,22,24)/t20-/m1/s1. The van der Waals surface area contributed by atoms with Crippen molar-refractivity contribution in [1.29, 1.82) is 0 Å². The Morgan fingerprint density at radius 3 is 2.61 bits per heavy atom. The number of hydrogen-bond acceptors (Lipinski definition) is 5. The topological polar surface area (TPSA) is 81.5 Å². The van der Waals surface area contributed by atoms with Crippen molar-refractivity contribution in [1.82, 2.24) is 5.32 Å². The van der Waals surface area contributed by atoms with E-state index in [9.17, 15) is 19.3 Å². The molecule has 1 atom stereocenters. The zero-order valence-electron chi connectivity index (χ0n) is 14.9. The van der Waals surface area contributed by atoms with Gasteiger partial charge in [-0.05, 0) is 48.2 Å². The van der Waals surface area contributed by atoms with Gasteiger partial charge in [0, 0.05) is 16.5 Å². The molecule has 0 fully saturated rings. The van der Waals surface area contributed by atoms with E-state index < -0.39 is 11.0 Å². The number of nitrogens with zero attached hydrogens (tertiary/aromatic N) is 1. The Morgan fingerprint density at radius 1 is 1.25 bits per heavy atom. The van der Waals surface area contributed by atoms with Crippen LogP contribution in [0.15, 0.2) is 60.0 Å². The summed E-state index contributed by atoms with van der Waals surface area (Å²) in [4.78, 5) is 23.7. The molecule has 28 heavy (non-hydrogen) atoms. The molecule has 3 rings (SSSR count). The SMILES string of the molecule is Cc1cc(OCC(=O)N[C@H](c2ccc(F)cc2)c2cccs2)ccc1[N+](=O)[O-]. The lowest BCUT2D eigenvalue weighted by molar-refractivity contribution is -0.385. The van der Waals surface area contributed by atoms with Crippen molar-refractivity contribution in [3.05, 3.63) is 91.9 Å². The highest BCUT2D eigenvalue weighted by atomic mass is 32.1. The number of rotatable bonds is 7. The third-order valence-corrected chi connectivity index (χ3v) is 5.01. The van der Waals surface area contributed by atoms with Crippen LogP contribution in [0.2, 0.25) is 0 Å². The fourth-order valence-electron chi connectivity index (χ4n) is 2.70. The highest BCUT2D eigenvalue weighted by Crippen LogP contribution is 2.26. The highest BCUT2D eigenvalue weighted by Gasteiger charge is 2.19. The van der Waals surface area contributed by atoms with Crippen LogP contribution in [0.5, 0.6) is 5.75 Å². The molecule has 0 aliphatic heterocycles. The van der Waals surface area contributed by atoms with Crippen LogP contribution in [0.4, 0.5) is 10.1 Å². The summed E-state index contributed by atoms with van der Waals surface area (Å²) in [6.07, 6.45) is 0. The minimum absolute atomic E-state index is 0.00845. The highest BCUT2D eigenvalue weighted by molar-refractivity contribution is 7.10. The lowest BCUT2D eigenvalue weighted by Crippen LogP contribution is -2.32. The Bertz CT molecular complexity index is 974. The summed E-state index contributed by atoms with van der Waals surface area (Å²) in [6.45, 7) is 1.35. The van der Waals surface area contributed by atoms with Gasteiger partial charge in [-0.1, -0.05) is 18.2 Å². The van der Waals surface area contributed by atoms with Crippen LogP contribution in [0.3, 0.4) is 0 Å². The van der Waals surface area contributed by atoms with Crippen molar-refractivity contribution in [3.8, 4) is 5.75 Å². The molecule has 8 heteroatoms. The first-order valence-electron chi connectivity index (χ1n) is 8.40. The molecule has 6 nitrogen and oxygen atoms in total. The number of nitro benzene ring substituents is 1. The molecule has 1 heterocycles. The molecule has 1 N–H and O–H groups in total. The van der Waals surface area contributed by atoms with Crippen LogP contribution in [0.1, 0.15) is 22.0 Å². The molecule has 0 unspecified atom stereocenters. The minimum Gasteiger partial charge on any atom is -0.484 e. The van der Waals surface area contributed by atoms with E-state index in [1.165, 1.54) is 41.7 Å². The van der Waals surface area contributed by atoms with Crippen LogP contribution in [0.25, 0.3) is 0 Å². The summed E-state index contributed by atoms with van der Waals surface area (Å²) in [5.74, 6) is -0.344. The van der Waals surface area contributed by atoms with Gasteiger partial charge in [-0.15, -0.1) is 11.3 Å². The van der Waals surface area contributed by atoms with Crippen molar-refractivity contribution < 1.29 is 18.8 Å². The maximum atomic E-state index is 13.2. The Labute approximate surface area is 164 Å². The summed E-state index contributed by atoms with van der Waals surface area (Å²) in [5, 5.41) is 15.6. The molecule has 144 valence electrons. The summed E-state index contributed by atoms with van der Waals surface area (Å²) in [6, 6.07) is 13.6. The maximum absolute atomic E-state index is 13.2. The van der Waals surface area contributed by atoms with E-state index in [2.05, 4.69) is 5.32 Å². The second kappa shape index (κ2) is 8.62. The van der Waals surface area contributed by atoms with Crippen molar-refractivity contribution in [3.63, 3.8) is 0 Å². The monoisotopic (exact) mass is 400 g/mol. The average Bonchev–Trinajstić information content (AvgIpc) is 3.19. The molecule has 0 aliphatic rings. The molecular weight excluding hydrogens is 383 g/mol. The molecule has 0 spiro atoms. The van der Waals surface area contributed by atoms with Crippen molar-refractivity contribution >= 4 is 22.9 Å². The van der Waals surface area contributed by atoms with Crippen LogP contribution in [-0.4, -0.2) is 17.4 Å². The number of ether oxygens (including phenoxy) is 1. The lowest BCUT2D eigenvalue weighted by Gasteiger charge is -2.18. The van der Waals surface area contributed by atoms with Gasteiger partial charge >= 0.3 is 0 Å². The van der Waals surface area contributed by atoms with Gasteiger partial charge in [-0.3, -0.25) is 14.9 Å². The van der Waals surface area contributed by atoms with Gasteiger partial charge in [0.25, 0.3) is 11.6 Å². The van der Waals surface area contributed by atoms with Crippen molar-refractivity contribution in [2.75, 3.05) is 6.61 Å². The van der Waals surface area contributed by atoms with Gasteiger partial charge in [0.05, 0.1) is 11.0 Å². The second-order valence-electron chi connectivity index (χ2n) is 6.06. The molecular formula is C20H17FN2O4S. The number of benzene rings is 2. The number of aryl methyl sites for hydroxylation is 1. The molecule has 0 saturated carbocycles. The van der Waals surface area contributed by atoms with E-state index in [4.69, 9.17) is 4.74 Å². The number of halogens is 1. The zero-order chi connectivity index (χ0) is 20.1. The number of carbonyl (C=O) groups excluding carboxylic acids is 1. The van der Waals surface area contributed by atoms with Crippen molar-refractivity contribution in [2.24, 2.45) is 0 Å². The summed E-state index contributed by atoms with van der Waals surface area (Å²) in [5.41, 5.74) is 1.19. The number of nitrogens with one attached hydrogen (secondary N) is 1. The van der Waals surface area contributed by atoms with Gasteiger partial charge in [0.2, 0.25) is 0 Å². The van der Waals surface area contributed by atoms with Crippen LogP contribution < -0.4 is 10.1 Å². The van der Waals surface area contributed by atoms with E-state index in [1.807, 2.05) is 17.5 Å². The quantitative estimate of drug-likeness (QED) is 0.471. The largest absolute Gasteiger partial charge is 0.484 e. The van der Waals surface area contributed by atoms with Crippen molar-refractivity contribution in [2.45, 2.75) is 13.0 Å². The first-order valence-corrected chi connectivity index (χ1v) is 9.28. The number of thiophene rings is 1. The molecule has 1 aromatic heterocycles. The second-order valence-corrected chi connectivity index (χ2v) is 7.04. The molecule has 1 amide bonds. The fraction of sp³-hybridized carbons (Fsp3) is 0.150. The van der Waals surface area contributed by atoms with Gasteiger partial charge in [0.1, 0.15) is 11.6 Å². The van der Waals surface area contributed by atoms with E-state index in [-0.39, 0.29) is 24.0 Å². The van der Waals surface area contributed by atoms with Crippen LogP contribution >= 0.6 is 11.3 Å². The van der Waals surface area contributed by atoms with E-state index in [1.54, 1.807) is 19.1 Å². The average molecular weight is 400 g/mol. The van der Waals surface area contributed by atoms with Gasteiger partial charge in [0.15, 0.2) is 6.61 Å². The number of carbonyl (C=O) groups is 1. The molecule has 2 aromatic carbocycles. The summed E-state index contributed by atoms with van der Waals surface area (Å²) in [7, 11) is 0. The van der Waals surface area contributed by atoms with E-state index in [0.717, 1.165) is 10.4 Å². The Hall–Kier alpha value is -3.26. The lowest BCUT2D eigenvalue weighted by atomic mass is 10.1. The molecule has 0 radical (unpaired) electrons. The molecule has 3 aromatic rings. The normalized spacial score (nSPS) is 11.6.